The predicted octanol–water partition coefficient (Wildman–Crippen LogP) is 3.13. The van der Waals surface area contributed by atoms with Gasteiger partial charge in [-0.2, -0.15) is 0 Å². The molecule has 3 rings (SSSR count). The fourth-order valence-corrected chi connectivity index (χ4v) is 3.75. The van der Waals surface area contributed by atoms with Gasteiger partial charge in [0.15, 0.2) is 11.6 Å². The highest BCUT2D eigenvalue weighted by Gasteiger charge is 2.34. The van der Waals surface area contributed by atoms with E-state index in [1.54, 1.807) is 38.4 Å². The Morgan fingerprint density at radius 2 is 2.03 bits per heavy atom. The van der Waals surface area contributed by atoms with Gasteiger partial charge >= 0.3 is 5.97 Å². The molecule has 1 fully saturated rings. The van der Waals surface area contributed by atoms with Crippen molar-refractivity contribution in [2.75, 3.05) is 0 Å². The van der Waals surface area contributed by atoms with Crippen LogP contribution in [0.4, 0.5) is 8.78 Å². The fourth-order valence-electron chi connectivity index (χ4n) is 3.75. The van der Waals surface area contributed by atoms with E-state index in [9.17, 15) is 23.2 Å². The van der Waals surface area contributed by atoms with Gasteiger partial charge in [0.05, 0.1) is 0 Å². The molecule has 1 saturated heterocycles. The van der Waals surface area contributed by atoms with Gasteiger partial charge in [-0.05, 0) is 24.5 Å². The SMILES string of the molecule is CC(C)[C@H](NC(=O)C[C@@H]1CCC(=O)N1Cc1cccc(F)c1F)C(=O)OCc1cccnc1. The first kappa shape index (κ1) is 24.3. The first-order valence-corrected chi connectivity index (χ1v) is 10.8. The highest BCUT2D eigenvalue weighted by atomic mass is 19.2. The Hall–Kier alpha value is -3.36. The number of nitrogens with one attached hydrogen (secondary N) is 1. The van der Waals surface area contributed by atoms with Crippen molar-refractivity contribution >= 4 is 17.8 Å². The van der Waals surface area contributed by atoms with E-state index in [4.69, 9.17) is 4.74 Å². The monoisotopic (exact) mass is 459 g/mol. The molecule has 0 spiro atoms. The van der Waals surface area contributed by atoms with E-state index in [1.807, 2.05) is 0 Å². The average molecular weight is 459 g/mol. The molecule has 2 atom stereocenters. The number of carbonyl (C=O) groups is 3. The molecule has 2 amide bonds. The highest BCUT2D eigenvalue weighted by molar-refractivity contribution is 5.86. The summed E-state index contributed by atoms with van der Waals surface area (Å²) in [6.45, 7) is 3.49. The number of nitrogens with zero attached hydrogens (tertiary/aromatic N) is 2. The zero-order valence-corrected chi connectivity index (χ0v) is 18.6. The average Bonchev–Trinajstić information content (AvgIpc) is 3.13. The van der Waals surface area contributed by atoms with Crippen LogP contribution in [0.5, 0.6) is 0 Å². The molecule has 9 heteroatoms. The van der Waals surface area contributed by atoms with Crippen molar-refractivity contribution in [2.45, 2.75) is 58.3 Å². The van der Waals surface area contributed by atoms with Crippen molar-refractivity contribution in [2.24, 2.45) is 5.92 Å². The van der Waals surface area contributed by atoms with Crippen LogP contribution >= 0.6 is 0 Å². The molecule has 0 unspecified atom stereocenters. The Morgan fingerprint density at radius 1 is 1.24 bits per heavy atom. The molecular weight excluding hydrogens is 432 g/mol. The zero-order valence-electron chi connectivity index (χ0n) is 18.6. The van der Waals surface area contributed by atoms with Crippen LogP contribution in [-0.4, -0.2) is 39.8 Å². The van der Waals surface area contributed by atoms with Crippen molar-refractivity contribution in [3.05, 3.63) is 65.5 Å². The minimum atomic E-state index is -1.00. The van der Waals surface area contributed by atoms with Crippen LogP contribution in [0.25, 0.3) is 0 Å². The Balaban J connectivity index is 1.60. The molecule has 0 radical (unpaired) electrons. The van der Waals surface area contributed by atoms with E-state index in [0.29, 0.717) is 6.42 Å². The van der Waals surface area contributed by atoms with E-state index in [1.165, 1.54) is 17.0 Å². The number of halogens is 2. The lowest BCUT2D eigenvalue weighted by Gasteiger charge is -2.26. The molecule has 1 N–H and O–H groups in total. The molecule has 1 aromatic carbocycles. The smallest absolute Gasteiger partial charge is 0.329 e. The van der Waals surface area contributed by atoms with Crippen molar-refractivity contribution in [1.82, 2.24) is 15.2 Å². The maximum atomic E-state index is 14.1. The van der Waals surface area contributed by atoms with Gasteiger partial charge in [0.1, 0.15) is 12.6 Å². The standard InChI is InChI=1S/C24H27F2N3O4/c1-15(2)23(24(32)33-14-16-5-4-10-27-12-16)28-20(30)11-18-8-9-21(31)29(18)13-17-6-3-7-19(25)22(17)26/h3-7,10,12,15,18,23H,8-9,11,13-14H2,1-2H3,(H,28,30)/t18-,23-/m0/s1. The Kier molecular flexibility index (Phi) is 8.08. The van der Waals surface area contributed by atoms with E-state index < -0.39 is 35.6 Å². The van der Waals surface area contributed by atoms with Gasteiger partial charge in [-0.1, -0.05) is 32.0 Å². The van der Waals surface area contributed by atoms with Crippen LogP contribution in [0.1, 0.15) is 44.2 Å². The number of aromatic nitrogens is 1. The van der Waals surface area contributed by atoms with Gasteiger partial charge in [-0.25, -0.2) is 13.6 Å². The van der Waals surface area contributed by atoms with Crippen LogP contribution in [0.2, 0.25) is 0 Å². The van der Waals surface area contributed by atoms with Gasteiger partial charge < -0.3 is 15.0 Å². The van der Waals surface area contributed by atoms with E-state index in [-0.39, 0.29) is 43.4 Å². The van der Waals surface area contributed by atoms with Gasteiger partial charge in [0.2, 0.25) is 11.8 Å². The van der Waals surface area contributed by atoms with Crippen LogP contribution < -0.4 is 5.32 Å². The Labute approximate surface area is 191 Å². The number of hydrogen-bond acceptors (Lipinski definition) is 5. The highest BCUT2D eigenvalue weighted by Crippen LogP contribution is 2.25. The van der Waals surface area contributed by atoms with Crippen LogP contribution in [0.3, 0.4) is 0 Å². The number of pyridine rings is 1. The summed E-state index contributed by atoms with van der Waals surface area (Å²) in [6.07, 6.45) is 3.78. The van der Waals surface area contributed by atoms with Gasteiger partial charge in [-0.15, -0.1) is 0 Å². The third kappa shape index (κ3) is 6.34. The van der Waals surface area contributed by atoms with Gasteiger partial charge in [0, 0.05) is 48.9 Å². The number of rotatable bonds is 9. The molecule has 0 aliphatic carbocycles. The molecule has 0 bridgehead atoms. The summed E-state index contributed by atoms with van der Waals surface area (Å²) < 4.78 is 32.9. The number of benzene rings is 1. The second-order valence-corrected chi connectivity index (χ2v) is 8.39. The summed E-state index contributed by atoms with van der Waals surface area (Å²) in [6, 6.07) is 5.97. The minimum Gasteiger partial charge on any atom is -0.459 e. The molecule has 2 heterocycles. The number of ether oxygens (including phenoxy) is 1. The quantitative estimate of drug-likeness (QED) is 0.582. The molecule has 1 aliphatic rings. The zero-order chi connectivity index (χ0) is 24.0. The maximum Gasteiger partial charge on any atom is 0.329 e. The molecule has 2 aromatic rings. The second kappa shape index (κ2) is 11.0. The van der Waals surface area contributed by atoms with Crippen molar-refractivity contribution in [3.63, 3.8) is 0 Å². The molecule has 7 nitrogen and oxygen atoms in total. The van der Waals surface area contributed by atoms with Gasteiger partial charge in [0.25, 0.3) is 0 Å². The predicted molar refractivity (Wildman–Crippen MR) is 115 cm³/mol. The van der Waals surface area contributed by atoms with Crippen molar-refractivity contribution in [1.29, 1.82) is 0 Å². The number of carbonyl (C=O) groups excluding carboxylic acids is 3. The van der Waals surface area contributed by atoms with E-state index in [0.717, 1.165) is 11.6 Å². The van der Waals surface area contributed by atoms with E-state index in [2.05, 4.69) is 10.3 Å². The summed E-state index contributed by atoms with van der Waals surface area (Å²) in [7, 11) is 0. The molecule has 1 aromatic heterocycles. The maximum absolute atomic E-state index is 14.1. The minimum absolute atomic E-state index is 0.0376. The molecular formula is C24H27F2N3O4. The lowest BCUT2D eigenvalue weighted by molar-refractivity contribution is -0.150. The first-order chi connectivity index (χ1) is 15.8. The summed E-state index contributed by atoms with van der Waals surface area (Å²) >= 11 is 0. The summed E-state index contributed by atoms with van der Waals surface area (Å²) in [5, 5.41) is 2.70. The summed E-state index contributed by atoms with van der Waals surface area (Å²) in [5.74, 6) is -3.43. The second-order valence-electron chi connectivity index (χ2n) is 8.39. The first-order valence-electron chi connectivity index (χ1n) is 10.8. The number of esters is 1. The number of hydrogen-bond donors (Lipinski definition) is 1. The van der Waals surface area contributed by atoms with E-state index >= 15 is 0 Å². The third-order valence-corrected chi connectivity index (χ3v) is 5.59. The van der Waals surface area contributed by atoms with Crippen molar-refractivity contribution < 1.29 is 27.9 Å². The number of amides is 2. The summed E-state index contributed by atoms with van der Waals surface area (Å²) in [4.78, 5) is 43.0. The fraction of sp³-hybridized carbons (Fsp3) is 0.417. The number of likely N-dealkylation sites (tertiary alicyclic amines) is 1. The molecule has 33 heavy (non-hydrogen) atoms. The van der Waals surface area contributed by atoms with Gasteiger partial charge in [-0.3, -0.25) is 14.6 Å². The van der Waals surface area contributed by atoms with Crippen molar-refractivity contribution in [3.8, 4) is 0 Å². The Morgan fingerprint density at radius 3 is 2.73 bits per heavy atom. The topological polar surface area (TPSA) is 88.6 Å². The lowest BCUT2D eigenvalue weighted by atomic mass is 10.0. The molecule has 176 valence electrons. The van der Waals surface area contributed by atoms with Crippen LogP contribution in [0.15, 0.2) is 42.7 Å². The largest absolute Gasteiger partial charge is 0.459 e. The van der Waals surface area contributed by atoms with Crippen LogP contribution in [0, 0.1) is 17.6 Å². The summed E-state index contributed by atoms with van der Waals surface area (Å²) in [5.41, 5.74) is 0.777. The Bertz CT molecular complexity index is 1000. The third-order valence-electron chi connectivity index (χ3n) is 5.59. The molecule has 1 aliphatic heterocycles. The van der Waals surface area contributed by atoms with Crippen LogP contribution in [-0.2, 0) is 32.3 Å². The normalized spacial score (nSPS) is 16.7. The lowest BCUT2D eigenvalue weighted by Crippen LogP contribution is -2.47. The molecule has 0 saturated carbocycles.